The van der Waals surface area contributed by atoms with Crippen LogP contribution in [0.5, 0.6) is 0 Å². The highest BCUT2D eigenvalue weighted by Crippen LogP contribution is 2.23. The maximum atomic E-state index is 12.0. The Balaban J connectivity index is 2.00. The van der Waals surface area contributed by atoms with Crippen molar-refractivity contribution < 1.29 is 9.59 Å². The first-order chi connectivity index (χ1) is 8.58. The van der Waals surface area contributed by atoms with E-state index in [2.05, 4.69) is 17.2 Å². The SMILES string of the molecule is CC(=O)c1c[nH]c(C(=O)N[C@@H]2CCCC[C@H]2C)c1. The lowest BCUT2D eigenvalue weighted by atomic mass is 9.86. The summed E-state index contributed by atoms with van der Waals surface area (Å²) < 4.78 is 0. The fraction of sp³-hybridized carbons (Fsp3) is 0.571. The number of hydrogen-bond donors (Lipinski definition) is 2. The van der Waals surface area contributed by atoms with E-state index in [1.807, 2.05) is 0 Å². The van der Waals surface area contributed by atoms with Crippen LogP contribution in [0, 0.1) is 5.92 Å². The molecule has 98 valence electrons. The fourth-order valence-corrected chi connectivity index (χ4v) is 2.51. The van der Waals surface area contributed by atoms with Gasteiger partial charge in [-0.25, -0.2) is 0 Å². The third-order valence-corrected chi connectivity index (χ3v) is 3.76. The van der Waals surface area contributed by atoms with Crippen molar-refractivity contribution in [2.75, 3.05) is 0 Å². The summed E-state index contributed by atoms with van der Waals surface area (Å²) in [5.41, 5.74) is 1.02. The van der Waals surface area contributed by atoms with E-state index in [1.165, 1.54) is 26.2 Å². The summed E-state index contributed by atoms with van der Waals surface area (Å²) in [7, 11) is 0. The summed E-state index contributed by atoms with van der Waals surface area (Å²) in [6, 6.07) is 1.88. The average Bonchev–Trinajstić information content (AvgIpc) is 2.81. The van der Waals surface area contributed by atoms with Gasteiger partial charge in [-0.2, -0.15) is 0 Å². The van der Waals surface area contributed by atoms with Gasteiger partial charge in [-0.3, -0.25) is 9.59 Å². The Morgan fingerprint density at radius 1 is 1.33 bits per heavy atom. The van der Waals surface area contributed by atoms with Crippen LogP contribution in [0.2, 0.25) is 0 Å². The number of hydrogen-bond acceptors (Lipinski definition) is 2. The Morgan fingerprint density at radius 2 is 2.06 bits per heavy atom. The quantitative estimate of drug-likeness (QED) is 0.807. The Hall–Kier alpha value is -1.58. The van der Waals surface area contributed by atoms with Crippen molar-refractivity contribution in [1.29, 1.82) is 0 Å². The van der Waals surface area contributed by atoms with Crippen molar-refractivity contribution in [3.8, 4) is 0 Å². The maximum Gasteiger partial charge on any atom is 0.267 e. The summed E-state index contributed by atoms with van der Waals surface area (Å²) >= 11 is 0. The minimum Gasteiger partial charge on any atom is -0.356 e. The summed E-state index contributed by atoms with van der Waals surface area (Å²) in [6.07, 6.45) is 6.24. The molecule has 2 N–H and O–H groups in total. The number of amides is 1. The fourth-order valence-electron chi connectivity index (χ4n) is 2.51. The van der Waals surface area contributed by atoms with E-state index in [-0.39, 0.29) is 17.7 Å². The Kier molecular flexibility index (Phi) is 3.84. The number of nitrogens with one attached hydrogen (secondary N) is 2. The molecule has 2 rings (SSSR count). The lowest BCUT2D eigenvalue weighted by molar-refractivity contribution is 0.0905. The molecule has 4 nitrogen and oxygen atoms in total. The third-order valence-electron chi connectivity index (χ3n) is 3.76. The van der Waals surface area contributed by atoms with E-state index >= 15 is 0 Å². The lowest BCUT2D eigenvalue weighted by Gasteiger charge is -2.29. The van der Waals surface area contributed by atoms with E-state index < -0.39 is 0 Å². The van der Waals surface area contributed by atoms with E-state index in [1.54, 1.807) is 12.3 Å². The van der Waals surface area contributed by atoms with Gasteiger partial charge in [0.05, 0.1) is 0 Å². The number of rotatable bonds is 3. The van der Waals surface area contributed by atoms with Gasteiger partial charge in [-0.1, -0.05) is 19.8 Å². The number of aromatic nitrogens is 1. The van der Waals surface area contributed by atoms with Gasteiger partial charge in [-0.05, 0) is 31.7 Å². The van der Waals surface area contributed by atoms with Crippen LogP contribution in [0.4, 0.5) is 0 Å². The first kappa shape index (κ1) is 12.9. The molecule has 1 amide bonds. The zero-order chi connectivity index (χ0) is 13.1. The average molecular weight is 248 g/mol. The highest BCUT2D eigenvalue weighted by Gasteiger charge is 2.23. The molecule has 2 atom stereocenters. The van der Waals surface area contributed by atoms with Gasteiger partial charge in [0.15, 0.2) is 5.78 Å². The predicted molar refractivity (Wildman–Crippen MR) is 69.7 cm³/mol. The smallest absolute Gasteiger partial charge is 0.267 e. The van der Waals surface area contributed by atoms with Gasteiger partial charge in [0, 0.05) is 17.8 Å². The van der Waals surface area contributed by atoms with E-state index in [9.17, 15) is 9.59 Å². The topological polar surface area (TPSA) is 62.0 Å². The molecule has 1 aromatic rings. The van der Waals surface area contributed by atoms with E-state index in [0.717, 1.165) is 6.42 Å². The molecule has 0 radical (unpaired) electrons. The second-order valence-corrected chi connectivity index (χ2v) is 5.20. The molecule has 0 spiro atoms. The van der Waals surface area contributed by atoms with Gasteiger partial charge in [-0.15, -0.1) is 0 Å². The van der Waals surface area contributed by atoms with Crippen LogP contribution < -0.4 is 5.32 Å². The van der Waals surface area contributed by atoms with Crippen LogP contribution in [0.15, 0.2) is 12.3 Å². The maximum absolute atomic E-state index is 12.0. The second kappa shape index (κ2) is 5.38. The van der Waals surface area contributed by atoms with Crippen molar-refractivity contribution >= 4 is 11.7 Å². The molecule has 0 unspecified atom stereocenters. The summed E-state index contributed by atoms with van der Waals surface area (Å²) in [4.78, 5) is 26.1. The summed E-state index contributed by atoms with van der Waals surface area (Å²) in [5, 5.41) is 3.06. The highest BCUT2D eigenvalue weighted by molar-refractivity contribution is 5.99. The van der Waals surface area contributed by atoms with Crippen LogP contribution in [-0.4, -0.2) is 22.7 Å². The number of carbonyl (C=O) groups excluding carboxylic acids is 2. The largest absolute Gasteiger partial charge is 0.356 e. The molecule has 18 heavy (non-hydrogen) atoms. The van der Waals surface area contributed by atoms with Gasteiger partial charge >= 0.3 is 0 Å². The molecule has 0 aliphatic heterocycles. The Bertz CT molecular complexity index is 450. The minimum atomic E-state index is -0.110. The molecular formula is C14H20N2O2. The first-order valence-corrected chi connectivity index (χ1v) is 6.58. The van der Waals surface area contributed by atoms with Crippen molar-refractivity contribution in [2.24, 2.45) is 5.92 Å². The zero-order valence-corrected chi connectivity index (χ0v) is 11.0. The molecule has 1 heterocycles. The molecule has 1 aliphatic rings. The molecule has 1 fully saturated rings. The molecule has 1 aliphatic carbocycles. The van der Waals surface area contributed by atoms with Gasteiger partial charge in [0.1, 0.15) is 5.69 Å². The molecule has 1 saturated carbocycles. The first-order valence-electron chi connectivity index (χ1n) is 6.58. The summed E-state index contributed by atoms with van der Waals surface area (Å²) in [5.74, 6) is 0.391. The molecule has 0 saturated heterocycles. The summed E-state index contributed by atoms with van der Waals surface area (Å²) in [6.45, 7) is 3.67. The monoisotopic (exact) mass is 248 g/mol. The number of carbonyl (C=O) groups is 2. The normalized spacial score (nSPS) is 23.7. The highest BCUT2D eigenvalue weighted by atomic mass is 16.2. The number of ketones is 1. The van der Waals surface area contributed by atoms with Crippen molar-refractivity contribution in [3.05, 3.63) is 23.5 Å². The standard InChI is InChI=1S/C14H20N2O2/c1-9-5-3-4-6-12(9)16-14(18)13-7-11(8-15-13)10(2)17/h7-9,12,15H,3-6H2,1-2H3,(H,16,18)/t9-,12-/m1/s1. The molecule has 0 aromatic carbocycles. The van der Waals surface area contributed by atoms with Crippen LogP contribution in [0.3, 0.4) is 0 Å². The Labute approximate surface area is 107 Å². The number of Topliss-reactive ketones (excluding diaryl/α,β-unsaturated/α-hetero) is 1. The molecule has 4 heteroatoms. The van der Waals surface area contributed by atoms with Crippen molar-refractivity contribution in [1.82, 2.24) is 10.3 Å². The third kappa shape index (κ3) is 2.81. The van der Waals surface area contributed by atoms with Crippen LogP contribution in [-0.2, 0) is 0 Å². The van der Waals surface area contributed by atoms with Gasteiger partial charge in [0.25, 0.3) is 5.91 Å². The van der Waals surface area contributed by atoms with Crippen molar-refractivity contribution in [3.63, 3.8) is 0 Å². The van der Waals surface area contributed by atoms with Gasteiger partial charge < -0.3 is 10.3 Å². The van der Waals surface area contributed by atoms with Crippen molar-refractivity contribution in [2.45, 2.75) is 45.6 Å². The van der Waals surface area contributed by atoms with Crippen LogP contribution in [0.1, 0.15) is 60.4 Å². The van der Waals surface area contributed by atoms with Crippen LogP contribution >= 0.6 is 0 Å². The minimum absolute atomic E-state index is 0.0312. The molecule has 1 aromatic heterocycles. The predicted octanol–water partition coefficient (Wildman–Crippen LogP) is 2.53. The lowest BCUT2D eigenvalue weighted by Crippen LogP contribution is -2.41. The number of H-pyrrole nitrogens is 1. The van der Waals surface area contributed by atoms with Crippen LogP contribution in [0.25, 0.3) is 0 Å². The zero-order valence-electron chi connectivity index (χ0n) is 11.0. The Morgan fingerprint density at radius 3 is 2.67 bits per heavy atom. The van der Waals surface area contributed by atoms with E-state index in [0.29, 0.717) is 17.2 Å². The van der Waals surface area contributed by atoms with E-state index in [4.69, 9.17) is 0 Å². The molecular weight excluding hydrogens is 228 g/mol. The second-order valence-electron chi connectivity index (χ2n) is 5.20. The number of aromatic amines is 1. The molecule has 0 bridgehead atoms. The van der Waals surface area contributed by atoms with Gasteiger partial charge in [0.2, 0.25) is 0 Å².